The van der Waals surface area contributed by atoms with Crippen LogP contribution in [0.3, 0.4) is 0 Å². The van der Waals surface area contributed by atoms with Gasteiger partial charge in [0.05, 0.1) is 11.6 Å². The molecule has 0 aromatic heterocycles. The van der Waals surface area contributed by atoms with Crippen molar-refractivity contribution >= 4 is 23.6 Å². The lowest BCUT2D eigenvalue weighted by atomic mass is 10.2. The highest BCUT2D eigenvalue weighted by molar-refractivity contribution is 8.00. The lowest BCUT2D eigenvalue weighted by Gasteiger charge is -2.16. The molecule has 0 aromatic rings. The number of hydrogen-bond donors (Lipinski definition) is 1. The molecule has 1 saturated heterocycles. The molecular weight excluding hydrogens is 200 g/mol. The summed E-state index contributed by atoms with van der Waals surface area (Å²) in [6, 6.07) is 0.188. The van der Waals surface area contributed by atoms with Gasteiger partial charge in [-0.05, 0) is 13.3 Å². The van der Waals surface area contributed by atoms with Gasteiger partial charge in [-0.15, -0.1) is 11.8 Å². The first kappa shape index (κ1) is 11.4. The first-order valence-electron chi connectivity index (χ1n) is 4.78. The standard InChI is InChI=1S/C9H16N2O2S/c1-3-7(2)10-8(12)4-11-6-14-5-9(11)13/h7H,3-6H2,1-2H3,(H,10,12)/t7-/m1/s1. The smallest absolute Gasteiger partial charge is 0.239 e. The van der Waals surface area contributed by atoms with E-state index in [0.717, 1.165) is 6.42 Å². The fourth-order valence-corrected chi connectivity index (χ4v) is 2.04. The Hall–Kier alpha value is -0.710. The van der Waals surface area contributed by atoms with Crippen molar-refractivity contribution in [2.75, 3.05) is 18.2 Å². The topological polar surface area (TPSA) is 49.4 Å². The van der Waals surface area contributed by atoms with E-state index in [1.165, 1.54) is 0 Å². The average molecular weight is 216 g/mol. The number of rotatable bonds is 4. The van der Waals surface area contributed by atoms with Gasteiger partial charge < -0.3 is 10.2 Å². The molecule has 1 rings (SSSR count). The van der Waals surface area contributed by atoms with Crippen molar-refractivity contribution < 1.29 is 9.59 Å². The van der Waals surface area contributed by atoms with Crippen molar-refractivity contribution in [1.29, 1.82) is 0 Å². The number of thioether (sulfide) groups is 1. The van der Waals surface area contributed by atoms with Gasteiger partial charge in [-0.1, -0.05) is 6.92 Å². The summed E-state index contributed by atoms with van der Waals surface area (Å²) < 4.78 is 0. The Morgan fingerprint density at radius 1 is 1.71 bits per heavy atom. The zero-order chi connectivity index (χ0) is 10.6. The Morgan fingerprint density at radius 2 is 2.43 bits per heavy atom. The lowest BCUT2D eigenvalue weighted by Crippen LogP contribution is -2.41. The molecule has 1 atom stereocenters. The Morgan fingerprint density at radius 3 is 2.93 bits per heavy atom. The molecule has 1 heterocycles. The minimum Gasteiger partial charge on any atom is -0.352 e. The van der Waals surface area contributed by atoms with Crippen LogP contribution in [0.5, 0.6) is 0 Å². The van der Waals surface area contributed by atoms with E-state index in [0.29, 0.717) is 11.6 Å². The van der Waals surface area contributed by atoms with Crippen LogP contribution in [0.4, 0.5) is 0 Å². The minimum absolute atomic E-state index is 0.0600. The van der Waals surface area contributed by atoms with Gasteiger partial charge in [0.15, 0.2) is 0 Å². The van der Waals surface area contributed by atoms with Crippen LogP contribution in [-0.4, -0.2) is 40.9 Å². The molecule has 0 spiro atoms. The van der Waals surface area contributed by atoms with Gasteiger partial charge >= 0.3 is 0 Å². The summed E-state index contributed by atoms with van der Waals surface area (Å²) in [5.41, 5.74) is 0. The van der Waals surface area contributed by atoms with Crippen LogP contribution in [0.1, 0.15) is 20.3 Å². The molecule has 0 saturated carbocycles. The van der Waals surface area contributed by atoms with Crippen molar-refractivity contribution in [2.45, 2.75) is 26.3 Å². The normalized spacial score (nSPS) is 18.4. The Bertz CT molecular complexity index is 233. The number of nitrogens with zero attached hydrogens (tertiary/aromatic N) is 1. The van der Waals surface area contributed by atoms with E-state index >= 15 is 0 Å². The molecule has 5 heteroatoms. The Balaban J connectivity index is 2.29. The molecule has 0 aromatic carbocycles. The minimum atomic E-state index is -0.0600. The molecule has 1 aliphatic heterocycles. The molecule has 1 aliphatic rings. The quantitative estimate of drug-likeness (QED) is 0.741. The summed E-state index contributed by atoms with van der Waals surface area (Å²) in [5.74, 6) is 1.16. The Labute approximate surface area is 88.4 Å². The molecule has 0 unspecified atom stereocenters. The van der Waals surface area contributed by atoms with Gasteiger partial charge in [-0.2, -0.15) is 0 Å². The van der Waals surface area contributed by atoms with Gasteiger partial charge in [-0.25, -0.2) is 0 Å². The summed E-state index contributed by atoms with van der Waals surface area (Å²) in [6.45, 7) is 4.18. The molecular formula is C9H16N2O2S. The second kappa shape index (κ2) is 5.24. The molecule has 0 bridgehead atoms. The second-order valence-corrected chi connectivity index (χ2v) is 4.40. The van der Waals surface area contributed by atoms with E-state index in [1.807, 2.05) is 13.8 Å². The summed E-state index contributed by atoms with van der Waals surface area (Å²) in [7, 11) is 0. The largest absolute Gasteiger partial charge is 0.352 e. The highest BCUT2D eigenvalue weighted by Gasteiger charge is 2.22. The number of nitrogens with one attached hydrogen (secondary N) is 1. The number of amides is 2. The summed E-state index contributed by atoms with van der Waals surface area (Å²) in [4.78, 5) is 24.2. The third-order valence-corrected chi connectivity index (χ3v) is 3.12. The Kier molecular flexibility index (Phi) is 4.25. The number of carbonyl (C=O) groups excluding carboxylic acids is 2. The molecule has 0 aliphatic carbocycles. The third-order valence-electron chi connectivity index (χ3n) is 2.18. The molecule has 1 N–H and O–H groups in total. The first-order chi connectivity index (χ1) is 6.63. The molecule has 2 amide bonds. The van der Waals surface area contributed by atoms with E-state index in [9.17, 15) is 9.59 Å². The fourth-order valence-electron chi connectivity index (χ4n) is 1.14. The first-order valence-corrected chi connectivity index (χ1v) is 5.93. The summed E-state index contributed by atoms with van der Waals surface area (Å²) >= 11 is 1.55. The highest BCUT2D eigenvalue weighted by atomic mass is 32.2. The zero-order valence-corrected chi connectivity index (χ0v) is 9.39. The van der Waals surface area contributed by atoms with Crippen molar-refractivity contribution in [3.05, 3.63) is 0 Å². The van der Waals surface area contributed by atoms with Crippen molar-refractivity contribution in [1.82, 2.24) is 10.2 Å². The van der Waals surface area contributed by atoms with E-state index in [4.69, 9.17) is 0 Å². The second-order valence-electron chi connectivity index (χ2n) is 3.45. The van der Waals surface area contributed by atoms with Crippen LogP contribution < -0.4 is 5.32 Å². The van der Waals surface area contributed by atoms with E-state index in [-0.39, 0.29) is 24.4 Å². The monoisotopic (exact) mass is 216 g/mol. The van der Waals surface area contributed by atoms with Crippen molar-refractivity contribution in [3.63, 3.8) is 0 Å². The van der Waals surface area contributed by atoms with E-state index in [2.05, 4.69) is 5.32 Å². The van der Waals surface area contributed by atoms with Crippen LogP contribution in [-0.2, 0) is 9.59 Å². The lowest BCUT2D eigenvalue weighted by molar-refractivity contribution is -0.132. The third kappa shape index (κ3) is 3.21. The molecule has 4 nitrogen and oxygen atoms in total. The maximum atomic E-state index is 11.4. The molecule has 1 fully saturated rings. The van der Waals surface area contributed by atoms with Crippen LogP contribution in [0.25, 0.3) is 0 Å². The maximum Gasteiger partial charge on any atom is 0.239 e. The number of hydrogen-bond acceptors (Lipinski definition) is 3. The van der Waals surface area contributed by atoms with Crippen molar-refractivity contribution in [2.24, 2.45) is 0 Å². The van der Waals surface area contributed by atoms with Gasteiger partial charge in [0.1, 0.15) is 6.54 Å². The summed E-state index contributed by atoms with van der Waals surface area (Å²) in [5, 5.41) is 2.83. The number of carbonyl (C=O) groups is 2. The van der Waals surface area contributed by atoms with Crippen LogP contribution in [0.15, 0.2) is 0 Å². The molecule has 80 valence electrons. The zero-order valence-electron chi connectivity index (χ0n) is 8.58. The predicted molar refractivity (Wildman–Crippen MR) is 56.9 cm³/mol. The summed E-state index contributed by atoms with van der Waals surface area (Å²) in [6.07, 6.45) is 0.911. The maximum absolute atomic E-state index is 11.4. The van der Waals surface area contributed by atoms with Gasteiger partial charge in [0.25, 0.3) is 0 Å². The van der Waals surface area contributed by atoms with E-state index in [1.54, 1.807) is 16.7 Å². The highest BCUT2D eigenvalue weighted by Crippen LogP contribution is 2.13. The fraction of sp³-hybridized carbons (Fsp3) is 0.778. The van der Waals surface area contributed by atoms with Crippen molar-refractivity contribution in [3.8, 4) is 0 Å². The van der Waals surface area contributed by atoms with Crippen LogP contribution in [0, 0.1) is 0 Å². The van der Waals surface area contributed by atoms with Gasteiger partial charge in [-0.3, -0.25) is 9.59 Å². The van der Waals surface area contributed by atoms with Crippen LogP contribution >= 0.6 is 11.8 Å². The molecule has 0 radical (unpaired) electrons. The van der Waals surface area contributed by atoms with E-state index < -0.39 is 0 Å². The van der Waals surface area contributed by atoms with Gasteiger partial charge in [0.2, 0.25) is 11.8 Å². The molecule has 14 heavy (non-hydrogen) atoms. The predicted octanol–water partition coefficient (Wildman–Crippen LogP) is 0.434. The van der Waals surface area contributed by atoms with Gasteiger partial charge in [0, 0.05) is 6.04 Å². The van der Waals surface area contributed by atoms with Crippen LogP contribution in [0.2, 0.25) is 0 Å². The average Bonchev–Trinajstić information content (AvgIpc) is 2.51. The SMILES string of the molecule is CC[C@@H](C)NC(=O)CN1CSCC1=O.